The fourth-order valence-electron chi connectivity index (χ4n) is 1.78. The average Bonchev–Trinajstić information content (AvgIpc) is 2.57. The third kappa shape index (κ3) is 2.41. The zero-order valence-electron chi connectivity index (χ0n) is 9.43. The lowest BCUT2D eigenvalue weighted by Crippen LogP contribution is -1.97. The van der Waals surface area contributed by atoms with Crippen LogP contribution in [-0.2, 0) is 0 Å². The van der Waals surface area contributed by atoms with Gasteiger partial charge in [-0.1, -0.05) is 22.0 Å². The van der Waals surface area contributed by atoms with E-state index in [9.17, 15) is 8.78 Å². The van der Waals surface area contributed by atoms with Crippen molar-refractivity contribution in [2.45, 2.75) is 18.7 Å². The highest BCUT2D eigenvalue weighted by molar-refractivity contribution is 9.09. The summed E-state index contributed by atoms with van der Waals surface area (Å²) in [6, 6.07) is 5.41. The van der Waals surface area contributed by atoms with Crippen molar-refractivity contribution >= 4 is 15.9 Å². The van der Waals surface area contributed by atoms with Crippen LogP contribution in [-0.4, -0.2) is 0 Å². The van der Waals surface area contributed by atoms with E-state index in [1.807, 2.05) is 19.9 Å². The normalized spacial score (nSPS) is 12.8. The lowest BCUT2D eigenvalue weighted by atomic mass is 10.0. The highest BCUT2D eigenvalue weighted by atomic mass is 79.9. The molecule has 0 amide bonds. The first kappa shape index (κ1) is 12.3. The highest BCUT2D eigenvalue weighted by Gasteiger charge is 2.19. The molecule has 1 nitrogen and oxygen atoms in total. The minimum absolute atomic E-state index is 0.333. The van der Waals surface area contributed by atoms with Gasteiger partial charge in [-0.3, -0.25) is 0 Å². The predicted octanol–water partition coefficient (Wildman–Crippen LogP) is 4.66. The number of alkyl halides is 1. The van der Waals surface area contributed by atoms with Gasteiger partial charge in [-0.2, -0.15) is 0 Å². The van der Waals surface area contributed by atoms with Crippen molar-refractivity contribution in [2.75, 3.05) is 0 Å². The monoisotopic (exact) mass is 300 g/mol. The van der Waals surface area contributed by atoms with Gasteiger partial charge in [-0.25, -0.2) is 8.78 Å². The molecule has 0 spiro atoms. The summed E-state index contributed by atoms with van der Waals surface area (Å²) >= 11 is 3.41. The maximum absolute atomic E-state index is 13.6. The van der Waals surface area contributed by atoms with Crippen molar-refractivity contribution < 1.29 is 13.2 Å². The Bertz CT molecular complexity index is 548. The summed E-state index contributed by atoms with van der Waals surface area (Å²) < 4.78 is 31.8. The van der Waals surface area contributed by atoms with Gasteiger partial charge in [0.1, 0.15) is 23.2 Å². The molecule has 0 bridgehead atoms. The molecule has 0 N–H and O–H groups in total. The molecule has 17 heavy (non-hydrogen) atoms. The second kappa shape index (κ2) is 4.61. The van der Waals surface area contributed by atoms with Crippen molar-refractivity contribution in [2.24, 2.45) is 0 Å². The van der Waals surface area contributed by atoms with E-state index in [2.05, 4.69) is 15.9 Å². The zero-order chi connectivity index (χ0) is 12.6. The lowest BCUT2D eigenvalue weighted by molar-refractivity contribution is 0.501. The van der Waals surface area contributed by atoms with Gasteiger partial charge >= 0.3 is 0 Å². The molecule has 0 saturated carbocycles. The quantitative estimate of drug-likeness (QED) is 0.735. The summed E-state index contributed by atoms with van der Waals surface area (Å²) in [5, 5.41) is 0. The maximum atomic E-state index is 13.6. The molecular weight excluding hydrogens is 290 g/mol. The van der Waals surface area contributed by atoms with Crippen molar-refractivity contribution in [3.05, 3.63) is 58.5 Å². The Balaban J connectivity index is 2.43. The van der Waals surface area contributed by atoms with Crippen LogP contribution >= 0.6 is 15.9 Å². The fraction of sp³-hybridized carbons (Fsp3) is 0.231. The molecule has 0 saturated heterocycles. The first-order valence-corrected chi connectivity index (χ1v) is 6.06. The number of furan rings is 1. The van der Waals surface area contributed by atoms with E-state index in [-0.39, 0.29) is 4.83 Å². The van der Waals surface area contributed by atoms with Crippen molar-refractivity contribution in [3.63, 3.8) is 0 Å². The van der Waals surface area contributed by atoms with E-state index >= 15 is 0 Å². The maximum Gasteiger partial charge on any atom is 0.130 e. The van der Waals surface area contributed by atoms with E-state index in [4.69, 9.17) is 4.42 Å². The summed E-state index contributed by atoms with van der Waals surface area (Å²) in [6.07, 6.45) is 0. The molecule has 0 aliphatic carbocycles. The van der Waals surface area contributed by atoms with Gasteiger partial charge in [0.25, 0.3) is 0 Å². The van der Waals surface area contributed by atoms with Crippen molar-refractivity contribution in [3.8, 4) is 0 Å². The number of hydrogen-bond donors (Lipinski definition) is 0. The lowest BCUT2D eigenvalue weighted by Gasteiger charge is -2.10. The van der Waals surface area contributed by atoms with E-state index < -0.39 is 11.6 Å². The SMILES string of the molecule is Cc1cc(C(Br)c2ccc(F)cc2F)c(C)o1. The first-order valence-electron chi connectivity index (χ1n) is 5.15. The molecule has 0 radical (unpaired) electrons. The van der Waals surface area contributed by atoms with E-state index in [1.165, 1.54) is 12.1 Å². The van der Waals surface area contributed by atoms with Crippen LogP contribution in [0.25, 0.3) is 0 Å². The summed E-state index contributed by atoms with van der Waals surface area (Å²) in [5.74, 6) is 0.355. The number of rotatable bonds is 2. The van der Waals surface area contributed by atoms with Crippen molar-refractivity contribution in [1.29, 1.82) is 0 Å². The van der Waals surface area contributed by atoms with Crippen LogP contribution in [0.5, 0.6) is 0 Å². The molecule has 1 unspecified atom stereocenters. The fourth-order valence-corrected chi connectivity index (χ4v) is 2.60. The Hall–Kier alpha value is -1.16. The largest absolute Gasteiger partial charge is 0.466 e. The zero-order valence-corrected chi connectivity index (χ0v) is 11.0. The minimum atomic E-state index is -0.578. The Morgan fingerprint density at radius 1 is 1.12 bits per heavy atom. The summed E-state index contributed by atoms with van der Waals surface area (Å²) in [6.45, 7) is 3.65. The van der Waals surface area contributed by atoms with Gasteiger partial charge in [0.05, 0.1) is 4.83 Å². The molecule has 2 aromatic rings. The van der Waals surface area contributed by atoms with Gasteiger partial charge < -0.3 is 4.42 Å². The van der Waals surface area contributed by atoms with Gasteiger partial charge in [-0.05, 0) is 26.0 Å². The molecular formula is C13H11BrF2O. The predicted molar refractivity (Wildman–Crippen MR) is 65.3 cm³/mol. The Morgan fingerprint density at radius 3 is 2.35 bits per heavy atom. The molecule has 1 aromatic carbocycles. The smallest absolute Gasteiger partial charge is 0.130 e. The summed E-state index contributed by atoms with van der Waals surface area (Å²) in [4.78, 5) is -0.333. The van der Waals surface area contributed by atoms with Gasteiger partial charge in [0, 0.05) is 17.2 Å². The van der Waals surface area contributed by atoms with Crippen LogP contribution < -0.4 is 0 Å². The average molecular weight is 301 g/mol. The molecule has 1 aromatic heterocycles. The van der Waals surface area contributed by atoms with E-state index in [0.717, 1.165) is 23.2 Å². The van der Waals surface area contributed by atoms with E-state index in [1.54, 1.807) is 0 Å². The highest BCUT2D eigenvalue weighted by Crippen LogP contribution is 2.35. The molecule has 0 fully saturated rings. The van der Waals surface area contributed by atoms with Crippen LogP contribution in [0.1, 0.15) is 27.5 Å². The Labute approximate surface area is 107 Å². The topological polar surface area (TPSA) is 13.1 Å². The van der Waals surface area contributed by atoms with Crippen molar-refractivity contribution in [1.82, 2.24) is 0 Å². The molecule has 4 heteroatoms. The van der Waals surface area contributed by atoms with Gasteiger partial charge in [0.15, 0.2) is 0 Å². The standard InChI is InChI=1S/C13H11BrF2O/c1-7-5-11(8(2)17-7)13(14)10-4-3-9(15)6-12(10)16/h3-6,13H,1-2H3. The number of halogens is 3. The summed E-state index contributed by atoms with van der Waals surface area (Å²) in [5.41, 5.74) is 1.25. The van der Waals surface area contributed by atoms with Crippen LogP contribution in [0.2, 0.25) is 0 Å². The second-order valence-electron chi connectivity index (χ2n) is 3.90. The molecule has 0 aliphatic rings. The number of benzene rings is 1. The molecule has 90 valence electrons. The van der Waals surface area contributed by atoms with Gasteiger partial charge in [-0.15, -0.1) is 0 Å². The molecule has 0 aliphatic heterocycles. The van der Waals surface area contributed by atoms with Crippen LogP contribution in [0, 0.1) is 25.5 Å². The third-order valence-corrected chi connectivity index (χ3v) is 3.57. The Kier molecular flexibility index (Phi) is 3.33. The van der Waals surface area contributed by atoms with Crippen LogP contribution in [0.15, 0.2) is 28.7 Å². The summed E-state index contributed by atoms with van der Waals surface area (Å²) in [7, 11) is 0. The molecule has 1 heterocycles. The van der Waals surface area contributed by atoms with Crippen LogP contribution in [0.3, 0.4) is 0 Å². The number of aryl methyl sites for hydroxylation is 2. The molecule has 2 rings (SSSR count). The second-order valence-corrected chi connectivity index (χ2v) is 4.81. The van der Waals surface area contributed by atoms with E-state index in [0.29, 0.717) is 5.56 Å². The number of hydrogen-bond acceptors (Lipinski definition) is 1. The first-order chi connectivity index (χ1) is 7.99. The minimum Gasteiger partial charge on any atom is -0.466 e. The third-order valence-electron chi connectivity index (χ3n) is 2.59. The Morgan fingerprint density at radius 2 is 1.82 bits per heavy atom. The van der Waals surface area contributed by atoms with Crippen LogP contribution in [0.4, 0.5) is 8.78 Å². The molecule has 1 atom stereocenters. The van der Waals surface area contributed by atoms with Gasteiger partial charge in [0.2, 0.25) is 0 Å².